The number of carbonyl (C=O) groups excluding carboxylic acids is 1. The summed E-state index contributed by atoms with van der Waals surface area (Å²) < 4.78 is 0. The molecule has 1 heterocycles. The Morgan fingerprint density at radius 3 is 2.75 bits per heavy atom. The molecule has 0 unspecified atom stereocenters. The van der Waals surface area contributed by atoms with E-state index in [0.717, 1.165) is 11.3 Å². The van der Waals surface area contributed by atoms with Gasteiger partial charge in [0.1, 0.15) is 5.01 Å². The lowest BCUT2D eigenvalue weighted by molar-refractivity contribution is -0.136. The summed E-state index contributed by atoms with van der Waals surface area (Å²) in [5.41, 5.74) is 0.344. The van der Waals surface area contributed by atoms with Gasteiger partial charge in [0.2, 0.25) is 5.13 Å². The highest BCUT2D eigenvalue weighted by Crippen LogP contribution is 2.20. The van der Waals surface area contributed by atoms with Crippen LogP contribution in [0.5, 0.6) is 0 Å². The van der Waals surface area contributed by atoms with Crippen molar-refractivity contribution >= 4 is 39.9 Å². The van der Waals surface area contributed by atoms with Crippen molar-refractivity contribution in [2.24, 2.45) is 0 Å². The van der Waals surface area contributed by atoms with Crippen LogP contribution in [0.1, 0.15) is 21.8 Å². The van der Waals surface area contributed by atoms with Gasteiger partial charge in [-0.25, -0.2) is 0 Å². The van der Waals surface area contributed by atoms with Gasteiger partial charge in [-0.05, 0) is 12.1 Å². The van der Waals surface area contributed by atoms with Crippen LogP contribution < -0.4 is 5.32 Å². The van der Waals surface area contributed by atoms with Crippen molar-refractivity contribution in [1.82, 2.24) is 10.2 Å². The Bertz CT molecular complexity index is 644. The Balaban J connectivity index is 2.02. The predicted molar refractivity (Wildman–Crippen MR) is 75.3 cm³/mol. The Hall–Kier alpha value is -1.99. The summed E-state index contributed by atoms with van der Waals surface area (Å²) in [4.78, 5) is 22.4. The first-order valence-corrected chi connectivity index (χ1v) is 6.86. The fraction of sp³-hybridized carbons (Fsp3) is 0.167. The molecule has 0 aliphatic rings. The molecule has 0 saturated carbocycles. The number of nitrogens with zero attached hydrogens (tertiary/aromatic N) is 2. The first-order valence-electron chi connectivity index (χ1n) is 5.66. The molecule has 0 bridgehead atoms. The number of rotatable bonds is 5. The van der Waals surface area contributed by atoms with Crippen molar-refractivity contribution in [3.8, 4) is 0 Å². The first kappa shape index (κ1) is 14.4. The molecule has 8 heteroatoms. The van der Waals surface area contributed by atoms with Crippen molar-refractivity contribution in [2.75, 3.05) is 5.32 Å². The molecule has 1 aromatic heterocycles. The van der Waals surface area contributed by atoms with Gasteiger partial charge in [0.15, 0.2) is 0 Å². The van der Waals surface area contributed by atoms with Crippen LogP contribution in [0, 0.1) is 0 Å². The monoisotopic (exact) mass is 311 g/mol. The number of halogens is 1. The Kier molecular flexibility index (Phi) is 4.65. The molecular weight excluding hydrogens is 302 g/mol. The maximum atomic E-state index is 12.0. The van der Waals surface area contributed by atoms with E-state index in [9.17, 15) is 9.59 Å². The minimum Gasteiger partial charge on any atom is -0.481 e. The minimum atomic E-state index is -0.901. The van der Waals surface area contributed by atoms with E-state index in [1.807, 2.05) is 0 Å². The normalized spacial score (nSPS) is 10.2. The standard InChI is InChI=1S/C12H10ClN3O3S/c13-8-4-2-1-3-7(8)11(19)14-12-16-15-9(20-12)5-6-10(17)18/h1-4H,5-6H2,(H,17,18)(H,14,16,19). The molecule has 0 aliphatic carbocycles. The van der Waals surface area contributed by atoms with E-state index < -0.39 is 5.97 Å². The topological polar surface area (TPSA) is 92.2 Å². The molecule has 0 radical (unpaired) electrons. The van der Waals surface area contributed by atoms with Crippen molar-refractivity contribution in [2.45, 2.75) is 12.8 Å². The van der Waals surface area contributed by atoms with Gasteiger partial charge in [0.05, 0.1) is 17.0 Å². The maximum Gasteiger partial charge on any atom is 0.303 e. The molecule has 0 atom stereocenters. The number of carbonyl (C=O) groups is 2. The van der Waals surface area contributed by atoms with Gasteiger partial charge in [0, 0.05) is 6.42 Å². The highest BCUT2D eigenvalue weighted by molar-refractivity contribution is 7.15. The molecule has 2 aromatic rings. The van der Waals surface area contributed by atoms with Crippen molar-refractivity contribution in [3.05, 3.63) is 39.9 Å². The third kappa shape index (κ3) is 3.75. The fourth-order valence-corrected chi connectivity index (χ4v) is 2.38. The maximum absolute atomic E-state index is 12.0. The first-order chi connectivity index (χ1) is 9.56. The van der Waals surface area contributed by atoms with E-state index >= 15 is 0 Å². The van der Waals surface area contributed by atoms with Gasteiger partial charge in [-0.1, -0.05) is 35.1 Å². The SMILES string of the molecule is O=C(O)CCc1nnc(NC(=O)c2ccccc2Cl)s1. The number of aryl methyl sites for hydroxylation is 1. The zero-order valence-electron chi connectivity index (χ0n) is 10.2. The van der Waals surface area contributed by atoms with Gasteiger partial charge in [-0.2, -0.15) is 0 Å². The lowest BCUT2D eigenvalue weighted by Gasteiger charge is -2.02. The number of hydrogen-bond acceptors (Lipinski definition) is 5. The molecule has 1 amide bonds. The second kappa shape index (κ2) is 6.44. The number of aromatic nitrogens is 2. The summed E-state index contributed by atoms with van der Waals surface area (Å²) in [5.74, 6) is -1.28. The van der Waals surface area contributed by atoms with E-state index in [-0.39, 0.29) is 18.7 Å². The molecule has 6 nitrogen and oxygen atoms in total. The van der Waals surface area contributed by atoms with Crippen LogP contribution in [0.2, 0.25) is 5.02 Å². The largest absolute Gasteiger partial charge is 0.481 e. The fourth-order valence-electron chi connectivity index (χ4n) is 1.43. The molecule has 20 heavy (non-hydrogen) atoms. The minimum absolute atomic E-state index is 0.0207. The Morgan fingerprint density at radius 1 is 1.30 bits per heavy atom. The lowest BCUT2D eigenvalue weighted by atomic mass is 10.2. The van der Waals surface area contributed by atoms with E-state index in [4.69, 9.17) is 16.7 Å². The average Bonchev–Trinajstić information content (AvgIpc) is 2.84. The third-order valence-corrected chi connectivity index (χ3v) is 3.59. The molecule has 0 fully saturated rings. The summed E-state index contributed by atoms with van der Waals surface area (Å²) in [6.07, 6.45) is 0.266. The van der Waals surface area contributed by atoms with E-state index in [2.05, 4.69) is 15.5 Å². The number of carboxylic acids is 1. The van der Waals surface area contributed by atoms with Gasteiger partial charge < -0.3 is 5.11 Å². The quantitative estimate of drug-likeness (QED) is 0.885. The number of aliphatic carboxylic acids is 1. The summed E-state index contributed by atoms with van der Waals surface area (Å²) in [6.45, 7) is 0. The van der Waals surface area contributed by atoms with Crippen LogP contribution in [0.15, 0.2) is 24.3 Å². The second-order valence-electron chi connectivity index (χ2n) is 3.83. The number of benzene rings is 1. The summed E-state index contributed by atoms with van der Waals surface area (Å²) in [6, 6.07) is 6.66. The Labute approximate surface area is 123 Å². The zero-order chi connectivity index (χ0) is 14.5. The van der Waals surface area contributed by atoms with Crippen molar-refractivity contribution in [3.63, 3.8) is 0 Å². The van der Waals surface area contributed by atoms with Gasteiger partial charge in [-0.3, -0.25) is 14.9 Å². The van der Waals surface area contributed by atoms with Gasteiger partial charge in [-0.15, -0.1) is 10.2 Å². The molecule has 2 N–H and O–H groups in total. The summed E-state index contributed by atoms with van der Waals surface area (Å²) in [7, 11) is 0. The average molecular weight is 312 g/mol. The van der Waals surface area contributed by atoms with Crippen LogP contribution in [0.25, 0.3) is 0 Å². The molecule has 2 rings (SSSR count). The van der Waals surface area contributed by atoms with Crippen LogP contribution in [-0.2, 0) is 11.2 Å². The number of anilines is 1. The van der Waals surface area contributed by atoms with Crippen LogP contribution in [-0.4, -0.2) is 27.2 Å². The highest BCUT2D eigenvalue weighted by Gasteiger charge is 2.13. The van der Waals surface area contributed by atoms with Crippen molar-refractivity contribution < 1.29 is 14.7 Å². The lowest BCUT2D eigenvalue weighted by Crippen LogP contribution is -2.12. The highest BCUT2D eigenvalue weighted by atomic mass is 35.5. The number of amides is 1. The van der Waals surface area contributed by atoms with E-state index in [1.165, 1.54) is 0 Å². The smallest absolute Gasteiger partial charge is 0.303 e. The second-order valence-corrected chi connectivity index (χ2v) is 5.30. The molecule has 0 spiro atoms. The Morgan fingerprint density at radius 2 is 2.05 bits per heavy atom. The number of nitrogens with one attached hydrogen (secondary N) is 1. The molecule has 0 aliphatic heterocycles. The van der Waals surface area contributed by atoms with Crippen LogP contribution >= 0.6 is 22.9 Å². The number of carboxylic acid groups (broad SMARTS) is 1. The third-order valence-electron chi connectivity index (χ3n) is 2.36. The van der Waals surface area contributed by atoms with Crippen LogP contribution in [0.4, 0.5) is 5.13 Å². The van der Waals surface area contributed by atoms with Crippen molar-refractivity contribution in [1.29, 1.82) is 0 Å². The van der Waals surface area contributed by atoms with E-state index in [0.29, 0.717) is 20.7 Å². The van der Waals surface area contributed by atoms with E-state index in [1.54, 1.807) is 24.3 Å². The van der Waals surface area contributed by atoms with Gasteiger partial charge in [0.25, 0.3) is 5.91 Å². The molecule has 104 valence electrons. The van der Waals surface area contributed by atoms with Gasteiger partial charge >= 0.3 is 5.97 Å². The van der Waals surface area contributed by atoms with Crippen LogP contribution in [0.3, 0.4) is 0 Å². The molecule has 0 saturated heterocycles. The molecule has 1 aromatic carbocycles. The predicted octanol–water partition coefficient (Wildman–Crippen LogP) is 2.46. The zero-order valence-corrected chi connectivity index (χ0v) is 11.7. The number of hydrogen-bond donors (Lipinski definition) is 2. The summed E-state index contributed by atoms with van der Waals surface area (Å²) >= 11 is 7.06. The molecular formula is C12H10ClN3O3S. The summed E-state index contributed by atoms with van der Waals surface area (Å²) in [5, 5.41) is 20.0.